The maximum Gasteiger partial charge on any atom is 0.273 e. The van der Waals surface area contributed by atoms with Crippen molar-refractivity contribution >= 4 is 5.91 Å². The number of rotatable bonds is 5. The Bertz CT molecular complexity index is 1110. The van der Waals surface area contributed by atoms with Gasteiger partial charge in [-0.3, -0.25) is 9.48 Å². The highest BCUT2D eigenvalue weighted by atomic mass is 16.5. The third-order valence-corrected chi connectivity index (χ3v) is 5.25. The van der Waals surface area contributed by atoms with E-state index in [1.54, 1.807) is 24.5 Å². The zero-order valence-corrected chi connectivity index (χ0v) is 15.7. The smallest absolute Gasteiger partial charge is 0.273 e. The number of hydrogen-bond acceptors (Lipinski definition) is 5. The van der Waals surface area contributed by atoms with Crippen molar-refractivity contribution in [1.82, 2.24) is 20.3 Å². The van der Waals surface area contributed by atoms with Crippen LogP contribution >= 0.6 is 0 Å². The molecule has 1 amide bonds. The van der Waals surface area contributed by atoms with Gasteiger partial charge in [0.25, 0.3) is 5.91 Å². The van der Waals surface area contributed by atoms with Crippen LogP contribution in [0.3, 0.4) is 0 Å². The predicted octanol–water partition coefficient (Wildman–Crippen LogP) is 3.99. The Kier molecular flexibility index (Phi) is 4.48. The molecule has 146 valence electrons. The molecule has 5 rings (SSSR count). The lowest BCUT2D eigenvalue weighted by Crippen LogP contribution is -2.31. The van der Waals surface area contributed by atoms with Crippen molar-refractivity contribution < 1.29 is 13.7 Å². The molecule has 3 aromatic heterocycles. The van der Waals surface area contributed by atoms with Gasteiger partial charge in [-0.2, -0.15) is 5.10 Å². The SMILES string of the molecule is O=C(NC1CCCc2c1cnn2Cc1ccccc1)c1cc(-c2ccco2)on1. The average Bonchev–Trinajstić information content (AvgIpc) is 3.50. The van der Waals surface area contributed by atoms with Gasteiger partial charge in [-0.15, -0.1) is 0 Å². The molecule has 1 aliphatic carbocycles. The Morgan fingerprint density at radius 1 is 1.17 bits per heavy atom. The van der Waals surface area contributed by atoms with Gasteiger partial charge in [-0.25, -0.2) is 0 Å². The topological polar surface area (TPSA) is 86.1 Å². The zero-order chi connectivity index (χ0) is 19.6. The molecule has 0 saturated heterocycles. The van der Waals surface area contributed by atoms with Crippen LogP contribution < -0.4 is 5.32 Å². The molecule has 1 aromatic carbocycles. The van der Waals surface area contributed by atoms with Crippen LogP contribution in [0.15, 0.2) is 69.9 Å². The lowest BCUT2D eigenvalue weighted by Gasteiger charge is -2.24. The molecule has 7 heteroatoms. The first-order valence-electron chi connectivity index (χ1n) is 9.68. The van der Waals surface area contributed by atoms with Crippen LogP contribution in [-0.2, 0) is 13.0 Å². The standard InChI is InChI=1S/C22H20N4O3/c27-22(18-12-21(29-25-18)20-10-5-11-28-20)24-17-8-4-9-19-16(17)13-23-26(19)14-15-6-2-1-3-7-15/h1-3,5-7,10-13,17H,4,8-9,14H2,(H,24,27). The van der Waals surface area contributed by atoms with Gasteiger partial charge in [0.15, 0.2) is 11.5 Å². The summed E-state index contributed by atoms with van der Waals surface area (Å²) in [6.07, 6.45) is 6.25. The number of carbonyl (C=O) groups is 1. The fraction of sp³-hybridized carbons (Fsp3) is 0.227. The van der Waals surface area contributed by atoms with Gasteiger partial charge < -0.3 is 14.3 Å². The number of fused-ring (bicyclic) bond motifs is 1. The summed E-state index contributed by atoms with van der Waals surface area (Å²) in [5.74, 6) is 0.707. The van der Waals surface area contributed by atoms with Crippen molar-refractivity contribution in [2.75, 3.05) is 0 Å². The van der Waals surface area contributed by atoms with Crippen LogP contribution in [-0.4, -0.2) is 20.8 Å². The highest BCUT2D eigenvalue weighted by Crippen LogP contribution is 2.30. The van der Waals surface area contributed by atoms with Crippen molar-refractivity contribution in [3.05, 3.63) is 83.5 Å². The molecule has 0 saturated carbocycles. The molecule has 0 bridgehead atoms. The molecule has 0 spiro atoms. The van der Waals surface area contributed by atoms with E-state index in [4.69, 9.17) is 8.94 Å². The Hall–Kier alpha value is -3.61. The van der Waals surface area contributed by atoms with Crippen molar-refractivity contribution in [1.29, 1.82) is 0 Å². The van der Waals surface area contributed by atoms with E-state index in [0.717, 1.165) is 31.4 Å². The second-order valence-electron chi connectivity index (χ2n) is 7.16. The number of furan rings is 1. The minimum Gasteiger partial charge on any atom is -0.461 e. The molecule has 0 radical (unpaired) electrons. The second kappa shape index (κ2) is 7.43. The van der Waals surface area contributed by atoms with Gasteiger partial charge in [-0.1, -0.05) is 35.5 Å². The third kappa shape index (κ3) is 3.47. The van der Waals surface area contributed by atoms with E-state index in [1.807, 2.05) is 29.1 Å². The van der Waals surface area contributed by atoms with E-state index < -0.39 is 0 Å². The molecule has 1 unspecified atom stereocenters. The summed E-state index contributed by atoms with van der Waals surface area (Å²) < 4.78 is 12.6. The summed E-state index contributed by atoms with van der Waals surface area (Å²) in [4.78, 5) is 12.7. The molecule has 0 fully saturated rings. The summed E-state index contributed by atoms with van der Waals surface area (Å²) in [5.41, 5.74) is 3.70. The van der Waals surface area contributed by atoms with Crippen LogP contribution in [0.4, 0.5) is 0 Å². The van der Waals surface area contributed by atoms with Gasteiger partial charge in [0.1, 0.15) is 0 Å². The quantitative estimate of drug-likeness (QED) is 0.559. The molecule has 3 heterocycles. The number of benzene rings is 1. The lowest BCUT2D eigenvalue weighted by molar-refractivity contribution is 0.0923. The number of aromatic nitrogens is 3. The fourth-order valence-electron chi connectivity index (χ4n) is 3.81. The number of hydrogen-bond donors (Lipinski definition) is 1. The summed E-state index contributed by atoms with van der Waals surface area (Å²) in [5, 5.41) is 11.5. The minimum absolute atomic E-state index is 0.0838. The van der Waals surface area contributed by atoms with Crippen molar-refractivity contribution in [3.8, 4) is 11.5 Å². The summed E-state index contributed by atoms with van der Waals surface area (Å²) in [7, 11) is 0. The Morgan fingerprint density at radius 3 is 2.90 bits per heavy atom. The summed E-state index contributed by atoms with van der Waals surface area (Å²) in [6.45, 7) is 0.729. The second-order valence-corrected chi connectivity index (χ2v) is 7.16. The molecule has 1 aliphatic rings. The summed E-state index contributed by atoms with van der Waals surface area (Å²) >= 11 is 0. The first kappa shape index (κ1) is 17.5. The van der Waals surface area contributed by atoms with Crippen molar-refractivity contribution in [2.45, 2.75) is 31.8 Å². The van der Waals surface area contributed by atoms with E-state index in [9.17, 15) is 4.79 Å². The first-order chi connectivity index (χ1) is 14.3. The Balaban J connectivity index is 1.33. The largest absolute Gasteiger partial charge is 0.461 e. The highest BCUT2D eigenvalue weighted by molar-refractivity contribution is 5.93. The maximum atomic E-state index is 12.7. The van der Waals surface area contributed by atoms with Gasteiger partial charge >= 0.3 is 0 Å². The van der Waals surface area contributed by atoms with Gasteiger partial charge in [0, 0.05) is 17.3 Å². The molecule has 1 atom stereocenters. The van der Waals surface area contributed by atoms with Gasteiger partial charge in [-0.05, 0) is 37.0 Å². The molecular weight excluding hydrogens is 368 g/mol. The van der Waals surface area contributed by atoms with E-state index in [0.29, 0.717) is 11.5 Å². The van der Waals surface area contributed by atoms with E-state index in [1.165, 1.54) is 11.3 Å². The number of amides is 1. The van der Waals surface area contributed by atoms with Crippen molar-refractivity contribution in [3.63, 3.8) is 0 Å². The Morgan fingerprint density at radius 2 is 2.07 bits per heavy atom. The molecular formula is C22H20N4O3. The fourth-order valence-corrected chi connectivity index (χ4v) is 3.81. The molecule has 7 nitrogen and oxygen atoms in total. The third-order valence-electron chi connectivity index (χ3n) is 5.25. The van der Waals surface area contributed by atoms with Crippen LogP contribution in [0.2, 0.25) is 0 Å². The van der Waals surface area contributed by atoms with E-state index in [-0.39, 0.29) is 17.6 Å². The van der Waals surface area contributed by atoms with Crippen LogP contribution in [0.1, 0.15) is 46.2 Å². The van der Waals surface area contributed by atoms with E-state index >= 15 is 0 Å². The number of nitrogens with one attached hydrogen (secondary N) is 1. The van der Waals surface area contributed by atoms with Crippen LogP contribution in [0, 0.1) is 0 Å². The average molecular weight is 388 g/mol. The molecule has 0 aliphatic heterocycles. The van der Waals surface area contributed by atoms with Gasteiger partial charge in [0.05, 0.1) is 25.0 Å². The first-order valence-corrected chi connectivity index (χ1v) is 9.68. The Labute approximate surface area is 167 Å². The predicted molar refractivity (Wildman–Crippen MR) is 105 cm³/mol. The van der Waals surface area contributed by atoms with Gasteiger partial charge in [0.2, 0.25) is 5.76 Å². The molecule has 29 heavy (non-hydrogen) atoms. The monoisotopic (exact) mass is 388 g/mol. The van der Waals surface area contributed by atoms with E-state index in [2.05, 4.69) is 27.7 Å². The highest BCUT2D eigenvalue weighted by Gasteiger charge is 2.27. The van der Waals surface area contributed by atoms with Crippen LogP contribution in [0.5, 0.6) is 0 Å². The maximum absolute atomic E-state index is 12.7. The summed E-state index contributed by atoms with van der Waals surface area (Å²) in [6, 6.07) is 15.3. The molecule has 1 N–H and O–H groups in total. The van der Waals surface area contributed by atoms with Crippen molar-refractivity contribution in [2.24, 2.45) is 0 Å². The molecule has 4 aromatic rings. The van der Waals surface area contributed by atoms with Crippen LogP contribution in [0.25, 0.3) is 11.5 Å². The normalized spacial score (nSPS) is 15.8. The number of nitrogens with zero attached hydrogens (tertiary/aromatic N) is 3. The zero-order valence-electron chi connectivity index (χ0n) is 15.7. The number of carbonyl (C=O) groups excluding carboxylic acids is 1. The lowest BCUT2D eigenvalue weighted by atomic mass is 9.92. The minimum atomic E-state index is -0.264.